The highest BCUT2D eigenvalue weighted by molar-refractivity contribution is 7.89. The molecule has 0 aliphatic heterocycles. The van der Waals surface area contributed by atoms with Gasteiger partial charge in [0, 0.05) is 13.7 Å². The molecule has 0 spiro atoms. The number of ether oxygens (including phenoxy) is 1. The lowest BCUT2D eigenvalue weighted by Crippen LogP contribution is -2.27. The van der Waals surface area contributed by atoms with E-state index >= 15 is 0 Å². The monoisotopic (exact) mass is 334 g/mol. The van der Waals surface area contributed by atoms with Crippen LogP contribution in [0.2, 0.25) is 0 Å². The minimum atomic E-state index is -3.53. The Morgan fingerprint density at radius 1 is 1.29 bits per heavy atom. The number of aryl methyl sites for hydroxylation is 1. The molecule has 1 rings (SSSR count). The second-order valence-electron chi connectivity index (χ2n) is 4.10. The van der Waals surface area contributed by atoms with Gasteiger partial charge in [-0.15, -0.1) is 0 Å². The van der Waals surface area contributed by atoms with E-state index in [-0.39, 0.29) is 17.9 Å². The molecule has 0 saturated carbocycles. The summed E-state index contributed by atoms with van der Waals surface area (Å²) < 4.78 is 31.0. The number of hydrogen-bond donors (Lipinski definition) is 3. The number of hydrogen-bond acceptors (Lipinski definition) is 7. The van der Waals surface area contributed by atoms with Gasteiger partial charge in [-0.25, -0.2) is 13.1 Å². The maximum Gasteiger partial charge on any atom is 0.326 e. The molecular formula is C12H18N2O5S2. The Morgan fingerprint density at radius 2 is 1.95 bits per heavy atom. The highest BCUT2D eigenvalue weighted by Crippen LogP contribution is 2.12. The highest BCUT2D eigenvalue weighted by atomic mass is 32.2. The number of thiol groups is 1. The lowest BCUT2D eigenvalue weighted by atomic mass is 10.1. The predicted molar refractivity (Wildman–Crippen MR) is 80.0 cm³/mol. The lowest BCUT2D eigenvalue weighted by molar-refractivity contribution is -0.146. The molecule has 0 atom stereocenters. The lowest BCUT2D eigenvalue weighted by Gasteiger charge is -2.07. The summed E-state index contributed by atoms with van der Waals surface area (Å²) in [6.45, 7) is 0.516. The minimum Gasteiger partial charge on any atom is -0.383 e. The first-order valence-electron chi connectivity index (χ1n) is 6.16. The average Bonchev–Trinajstić information content (AvgIpc) is 2.46. The zero-order chi connectivity index (χ0) is 15.7. The van der Waals surface area contributed by atoms with E-state index in [1.54, 1.807) is 12.1 Å². The van der Waals surface area contributed by atoms with Crippen molar-refractivity contribution in [3.8, 4) is 0 Å². The maximum absolute atomic E-state index is 11.9. The van der Waals surface area contributed by atoms with Crippen LogP contribution in [0.4, 0.5) is 0 Å². The number of nitrogens with one attached hydrogen (secondary N) is 2. The molecule has 0 aromatic heterocycles. The van der Waals surface area contributed by atoms with E-state index in [0.29, 0.717) is 13.0 Å². The van der Waals surface area contributed by atoms with Crippen molar-refractivity contribution < 1.29 is 22.8 Å². The van der Waals surface area contributed by atoms with Crippen LogP contribution in [0.5, 0.6) is 0 Å². The van der Waals surface area contributed by atoms with Crippen LogP contribution < -0.4 is 9.61 Å². The summed E-state index contributed by atoms with van der Waals surface area (Å²) in [7, 11) is -2.03. The average molecular weight is 334 g/mol. The van der Waals surface area contributed by atoms with E-state index < -0.39 is 16.0 Å². The van der Waals surface area contributed by atoms with Crippen molar-refractivity contribution in [2.75, 3.05) is 20.3 Å². The van der Waals surface area contributed by atoms with Crippen molar-refractivity contribution in [2.24, 2.45) is 0 Å². The van der Waals surface area contributed by atoms with Gasteiger partial charge in [0.15, 0.2) is 0 Å². The van der Waals surface area contributed by atoms with Crippen LogP contribution in [0.1, 0.15) is 12.0 Å². The van der Waals surface area contributed by atoms with Crippen molar-refractivity contribution in [2.45, 2.75) is 17.7 Å². The molecule has 1 aromatic rings. The molecule has 0 unspecified atom stereocenters. The zero-order valence-electron chi connectivity index (χ0n) is 11.5. The Morgan fingerprint density at radius 3 is 2.52 bits per heavy atom. The van der Waals surface area contributed by atoms with Gasteiger partial charge in [-0.05, 0) is 24.1 Å². The molecule has 0 amide bonds. The fourth-order valence-electron chi connectivity index (χ4n) is 1.55. The van der Waals surface area contributed by atoms with E-state index in [2.05, 4.69) is 22.4 Å². The molecule has 0 bridgehead atoms. The molecule has 0 saturated heterocycles. The third kappa shape index (κ3) is 6.44. The van der Waals surface area contributed by atoms with E-state index in [9.17, 15) is 13.2 Å². The Labute approximate surface area is 129 Å². The van der Waals surface area contributed by atoms with E-state index in [1.165, 1.54) is 19.2 Å². The van der Waals surface area contributed by atoms with Crippen LogP contribution in [0.25, 0.3) is 0 Å². The van der Waals surface area contributed by atoms with Crippen molar-refractivity contribution in [3.05, 3.63) is 29.8 Å². The number of sulfonamides is 1. The van der Waals surface area contributed by atoms with Gasteiger partial charge < -0.3 is 9.57 Å². The van der Waals surface area contributed by atoms with Gasteiger partial charge in [-0.3, -0.25) is 4.79 Å². The van der Waals surface area contributed by atoms with Crippen molar-refractivity contribution in [3.63, 3.8) is 0 Å². The number of rotatable bonds is 9. The Bertz CT molecular complexity index is 545. The van der Waals surface area contributed by atoms with Gasteiger partial charge in [-0.1, -0.05) is 29.8 Å². The Kier molecular flexibility index (Phi) is 7.68. The van der Waals surface area contributed by atoms with Crippen LogP contribution >= 0.6 is 12.8 Å². The highest BCUT2D eigenvalue weighted by Gasteiger charge is 2.13. The molecule has 0 radical (unpaired) electrons. The van der Waals surface area contributed by atoms with Crippen LogP contribution in [-0.4, -0.2) is 34.6 Å². The van der Waals surface area contributed by atoms with Crippen LogP contribution in [0.3, 0.4) is 0 Å². The first-order chi connectivity index (χ1) is 9.99. The summed E-state index contributed by atoms with van der Waals surface area (Å²) in [5.74, 6) is -0.442. The molecule has 2 N–H and O–H groups in total. The molecule has 0 aliphatic carbocycles. The minimum absolute atomic E-state index is 0.168. The Balaban J connectivity index is 2.59. The second kappa shape index (κ2) is 9.00. The SMILES string of the molecule is COCCNS(=O)(=O)c1ccc(CCC(=O)ONS)cc1. The van der Waals surface area contributed by atoms with E-state index in [4.69, 9.17) is 4.74 Å². The van der Waals surface area contributed by atoms with Gasteiger partial charge in [-0.2, -0.15) is 0 Å². The van der Waals surface area contributed by atoms with Crippen molar-refractivity contribution in [1.29, 1.82) is 0 Å². The van der Waals surface area contributed by atoms with Crippen molar-refractivity contribution in [1.82, 2.24) is 9.61 Å². The van der Waals surface area contributed by atoms with Gasteiger partial charge >= 0.3 is 5.97 Å². The fourth-order valence-corrected chi connectivity index (χ4v) is 2.66. The molecular weight excluding hydrogens is 316 g/mol. The topological polar surface area (TPSA) is 93.7 Å². The van der Waals surface area contributed by atoms with Crippen molar-refractivity contribution >= 4 is 28.8 Å². The van der Waals surface area contributed by atoms with Crippen LogP contribution in [0.15, 0.2) is 29.2 Å². The number of methoxy groups -OCH3 is 1. The Hall–Kier alpha value is -1.13. The van der Waals surface area contributed by atoms with Gasteiger partial charge in [0.2, 0.25) is 10.0 Å². The zero-order valence-corrected chi connectivity index (χ0v) is 13.2. The quantitative estimate of drug-likeness (QED) is 0.345. The molecule has 21 heavy (non-hydrogen) atoms. The van der Waals surface area contributed by atoms with E-state index in [1.807, 2.05) is 4.89 Å². The summed E-state index contributed by atoms with van der Waals surface area (Å²) >= 11 is 3.54. The first kappa shape index (κ1) is 17.9. The molecule has 118 valence electrons. The molecule has 0 fully saturated rings. The summed E-state index contributed by atoms with van der Waals surface area (Å²) in [6.07, 6.45) is 0.622. The normalized spacial score (nSPS) is 11.3. The number of carbonyl (C=O) groups is 1. The summed E-state index contributed by atoms with van der Waals surface area (Å²) in [5, 5.41) is 0. The molecule has 7 nitrogen and oxygen atoms in total. The van der Waals surface area contributed by atoms with Gasteiger partial charge in [0.1, 0.15) is 0 Å². The number of benzene rings is 1. The summed E-state index contributed by atoms with van der Waals surface area (Å²) in [6, 6.07) is 6.30. The summed E-state index contributed by atoms with van der Waals surface area (Å²) in [5.41, 5.74) is 0.835. The first-order valence-corrected chi connectivity index (χ1v) is 8.09. The van der Waals surface area contributed by atoms with Crippen LogP contribution in [0, 0.1) is 0 Å². The molecule has 0 aliphatic rings. The molecule has 1 aromatic carbocycles. The standard InChI is InChI=1S/C12H18N2O5S2/c1-18-9-8-13-21(16,17)11-5-2-10(3-6-11)4-7-12(15)19-14-20/h2-3,5-6,13-14,20H,4,7-9H2,1H3. The largest absolute Gasteiger partial charge is 0.383 e. The third-order valence-electron chi connectivity index (χ3n) is 2.61. The van der Waals surface area contributed by atoms with Gasteiger partial charge in [0.05, 0.1) is 17.9 Å². The molecule has 0 heterocycles. The molecule has 9 heteroatoms. The second-order valence-corrected chi connectivity index (χ2v) is 6.05. The van der Waals surface area contributed by atoms with Gasteiger partial charge in [0.25, 0.3) is 0 Å². The third-order valence-corrected chi connectivity index (χ3v) is 4.18. The van der Waals surface area contributed by atoms with E-state index in [0.717, 1.165) is 5.56 Å². The fraction of sp³-hybridized carbons (Fsp3) is 0.417. The summed E-state index contributed by atoms with van der Waals surface area (Å²) in [4.78, 5) is 17.8. The maximum atomic E-state index is 11.9. The number of carbonyl (C=O) groups excluding carboxylic acids is 1. The van der Waals surface area contributed by atoms with Crippen LogP contribution in [-0.2, 0) is 30.8 Å². The smallest absolute Gasteiger partial charge is 0.326 e. The predicted octanol–water partition coefficient (Wildman–Crippen LogP) is 0.436.